The number of hydrogen-bond donors (Lipinski definition) is 5. The Morgan fingerprint density at radius 3 is 2.78 bits per heavy atom. The van der Waals surface area contributed by atoms with Crippen LogP contribution in [0.2, 0.25) is 0 Å². The summed E-state index contributed by atoms with van der Waals surface area (Å²) in [6, 6.07) is 6.78. The van der Waals surface area contributed by atoms with E-state index in [4.69, 9.17) is 20.6 Å². The lowest BCUT2D eigenvalue weighted by atomic mass is 10.0. The first kappa shape index (κ1) is 23.7. The number of anilines is 1. The highest BCUT2D eigenvalue weighted by Crippen LogP contribution is 2.33. The number of amides is 3. The first-order chi connectivity index (χ1) is 15.3. The summed E-state index contributed by atoms with van der Waals surface area (Å²) in [5.41, 5.74) is 6.65. The minimum absolute atomic E-state index is 0.0542. The van der Waals surface area contributed by atoms with Gasteiger partial charge in [-0.15, -0.1) is 0 Å². The number of esters is 1. The normalized spacial score (nSPS) is 22.3. The number of unbranched alkanes of at least 4 members (excludes halogenated alkanes) is 1. The average Bonchev–Trinajstić information content (AvgIpc) is 3.29. The molecule has 2 heterocycles. The zero-order valence-electron chi connectivity index (χ0n) is 17.9. The van der Waals surface area contributed by atoms with Crippen molar-refractivity contribution >= 4 is 41.4 Å². The van der Waals surface area contributed by atoms with E-state index in [0.717, 1.165) is 18.6 Å². The molecule has 10 nitrogen and oxygen atoms in total. The quantitative estimate of drug-likeness (QED) is 0.0936. The van der Waals surface area contributed by atoms with Crippen LogP contribution in [-0.2, 0) is 14.3 Å². The second-order valence-electron chi connectivity index (χ2n) is 7.89. The summed E-state index contributed by atoms with van der Waals surface area (Å²) in [4.78, 5) is 35.3. The summed E-state index contributed by atoms with van der Waals surface area (Å²) in [5.74, 6) is 0.461. The number of benzene rings is 1. The largest absolute Gasteiger partial charge is 0.462 e. The van der Waals surface area contributed by atoms with Gasteiger partial charge in [-0.3, -0.25) is 15.5 Å². The van der Waals surface area contributed by atoms with Crippen LogP contribution < -0.4 is 21.7 Å². The molecule has 3 rings (SSSR count). The Labute approximate surface area is 190 Å². The summed E-state index contributed by atoms with van der Waals surface area (Å²) >= 11 is 1.85. The highest BCUT2D eigenvalue weighted by atomic mass is 32.2. The molecule has 0 aliphatic carbocycles. The van der Waals surface area contributed by atoms with Crippen LogP contribution in [0.3, 0.4) is 0 Å². The third-order valence-corrected chi connectivity index (χ3v) is 6.78. The lowest BCUT2D eigenvalue weighted by Gasteiger charge is -2.16. The maximum Gasteiger partial charge on any atom is 0.413 e. The zero-order valence-corrected chi connectivity index (χ0v) is 18.7. The Bertz CT molecular complexity index is 849. The minimum atomic E-state index is -0.795. The number of carbonyl (C=O) groups is 3. The van der Waals surface area contributed by atoms with Gasteiger partial charge in [-0.1, -0.05) is 6.42 Å². The zero-order chi connectivity index (χ0) is 23.1. The summed E-state index contributed by atoms with van der Waals surface area (Å²) in [5, 5.41) is 16.5. The molecule has 0 saturated carbocycles. The number of nitrogen functional groups attached to an aromatic ring is 1. The fourth-order valence-corrected chi connectivity index (χ4v) is 5.15. The maximum absolute atomic E-state index is 12.0. The van der Waals surface area contributed by atoms with Crippen LogP contribution in [0.1, 0.15) is 38.2 Å². The SMILES string of the molecule is CC(COC(=O)CCCC[C@H]1SCC2NC(=O)NC21)OC(=O)NC(=N)c1ccc(N)cc1. The Morgan fingerprint density at radius 2 is 2.03 bits per heavy atom. The van der Waals surface area contributed by atoms with E-state index in [2.05, 4.69) is 16.0 Å². The fourth-order valence-electron chi connectivity index (χ4n) is 3.61. The number of fused-ring (bicyclic) bond motifs is 1. The molecule has 174 valence electrons. The highest BCUT2D eigenvalue weighted by Gasteiger charge is 2.42. The summed E-state index contributed by atoms with van der Waals surface area (Å²) in [7, 11) is 0. The molecule has 1 aromatic rings. The number of hydrogen-bond acceptors (Lipinski definition) is 8. The van der Waals surface area contributed by atoms with Gasteiger partial charge in [0.15, 0.2) is 0 Å². The summed E-state index contributed by atoms with van der Waals surface area (Å²) in [6.07, 6.45) is 1.34. The Hall–Kier alpha value is -2.95. The summed E-state index contributed by atoms with van der Waals surface area (Å²) < 4.78 is 10.3. The molecule has 0 aromatic heterocycles. The van der Waals surface area contributed by atoms with Crippen molar-refractivity contribution < 1.29 is 23.9 Å². The molecule has 3 unspecified atom stereocenters. The standard InChI is InChI=1S/C21H29N5O5S/c1-12(31-21(29)26-19(23)13-6-8-14(22)9-7-13)10-30-17(27)5-3-2-4-16-18-15(11-32-16)24-20(28)25-18/h6-9,12,15-16,18H,2-5,10-11,22H2,1H3,(H2,23,26,29)(H2,24,25,28)/t12?,15?,16-,18?/m1/s1. The number of amidine groups is 1. The highest BCUT2D eigenvalue weighted by molar-refractivity contribution is 8.00. The van der Waals surface area contributed by atoms with Crippen molar-refractivity contribution in [3.63, 3.8) is 0 Å². The molecule has 0 radical (unpaired) electrons. The Morgan fingerprint density at radius 1 is 1.28 bits per heavy atom. The van der Waals surface area contributed by atoms with Crippen molar-refractivity contribution in [3.05, 3.63) is 29.8 Å². The molecule has 1 aromatic carbocycles. The van der Waals surface area contributed by atoms with Crippen LogP contribution in [0.15, 0.2) is 24.3 Å². The molecule has 0 spiro atoms. The number of nitrogens with two attached hydrogens (primary N) is 1. The van der Waals surface area contributed by atoms with Crippen molar-refractivity contribution in [1.82, 2.24) is 16.0 Å². The first-order valence-electron chi connectivity index (χ1n) is 10.6. The van der Waals surface area contributed by atoms with E-state index in [1.807, 2.05) is 11.8 Å². The third kappa shape index (κ3) is 6.78. The Kier molecular flexibility index (Phi) is 8.20. The van der Waals surface area contributed by atoms with Crippen LogP contribution in [0, 0.1) is 5.41 Å². The van der Waals surface area contributed by atoms with E-state index in [0.29, 0.717) is 22.9 Å². The van der Waals surface area contributed by atoms with Gasteiger partial charge in [-0.2, -0.15) is 11.8 Å². The van der Waals surface area contributed by atoms with Crippen LogP contribution in [-0.4, -0.2) is 59.7 Å². The van der Waals surface area contributed by atoms with Gasteiger partial charge in [0.25, 0.3) is 0 Å². The number of carbonyl (C=O) groups excluding carboxylic acids is 3. The molecule has 2 fully saturated rings. The lowest BCUT2D eigenvalue weighted by Crippen LogP contribution is -2.36. The molecular formula is C21H29N5O5S. The van der Waals surface area contributed by atoms with Gasteiger partial charge in [-0.25, -0.2) is 9.59 Å². The van der Waals surface area contributed by atoms with Gasteiger partial charge in [-0.05, 0) is 44.0 Å². The van der Waals surface area contributed by atoms with Crippen LogP contribution in [0.5, 0.6) is 0 Å². The van der Waals surface area contributed by atoms with Crippen molar-refractivity contribution in [3.8, 4) is 0 Å². The average molecular weight is 464 g/mol. The molecule has 3 amide bonds. The topological polar surface area (TPSA) is 156 Å². The van der Waals surface area contributed by atoms with Gasteiger partial charge in [0.05, 0.1) is 12.1 Å². The molecule has 2 aliphatic heterocycles. The number of nitrogens with one attached hydrogen (secondary N) is 4. The molecule has 2 aliphatic rings. The van der Waals surface area contributed by atoms with E-state index >= 15 is 0 Å². The van der Waals surface area contributed by atoms with Crippen LogP contribution in [0.25, 0.3) is 0 Å². The third-order valence-electron chi connectivity index (χ3n) is 5.27. The number of ether oxygens (including phenoxy) is 2. The van der Waals surface area contributed by atoms with Crippen LogP contribution >= 0.6 is 11.8 Å². The number of rotatable bonds is 9. The minimum Gasteiger partial charge on any atom is -0.462 e. The van der Waals surface area contributed by atoms with Crippen molar-refractivity contribution in [2.45, 2.75) is 56.0 Å². The molecular weight excluding hydrogens is 434 g/mol. The van der Waals surface area contributed by atoms with E-state index in [-0.39, 0.29) is 42.9 Å². The maximum atomic E-state index is 12.0. The monoisotopic (exact) mass is 463 g/mol. The van der Waals surface area contributed by atoms with Gasteiger partial charge in [0.2, 0.25) is 0 Å². The van der Waals surface area contributed by atoms with E-state index < -0.39 is 12.2 Å². The molecule has 6 N–H and O–H groups in total. The van der Waals surface area contributed by atoms with Crippen molar-refractivity contribution in [2.24, 2.45) is 0 Å². The second kappa shape index (κ2) is 11.1. The van der Waals surface area contributed by atoms with E-state index in [1.54, 1.807) is 31.2 Å². The van der Waals surface area contributed by atoms with E-state index in [9.17, 15) is 14.4 Å². The number of alkyl carbamates (subject to hydrolysis) is 1. The summed E-state index contributed by atoms with van der Waals surface area (Å²) in [6.45, 7) is 1.55. The first-order valence-corrected chi connectivity index (χ1v) is 11.6. The van der Waals surface area contributed by atoms with Gasteiger partial charge < -0.3 is 25.8 Å². The molecule has 2 saturated heterocycles. The molecule has 0 bridgehead atoms. The number of thioether (sulfide) groups is 1. The van der Waals surface area contributed by atoms with Gasteiger partial charge in [0, 0.05) is 28.7 Å². The smallest absolute Gasteiger partial charge is 0.413 e. The lowest BCUT2D eigenvalue weighted by molar-refractivity contribution is -0.146. The van der Waals surface area contributed by atoms with Gasteiger partial charge in [0.1, 0.15) is 18.5 Å². The van der Waals surface area contributed by atoms with E-state index in [1.165, 1.54) is 0 Å². The van der Waals surface area contributed by atoms with Crippen molar-refractivity contribution in [1.29, 1.82) is 5.41 Å². The molecule has 32 heavy (non-hydrogen) atoms. The number of urea groups is 1. The molecule has 4 atom stereocenters. The predicted octanol–water partition coefficient (Wildman–Crippen LogP) is 1.98. The molecule has 11 heteroatoms. The second-order valence-corrected chi connectivity index (χ2v) is 9.16. The fraction of sp³-hybridized carbons (Fsp3) is 0.524. The van der Waals surface area contributed by atoms with Crippen molar-refractivity contribution in [2.75, 3.05) is 18.1 Å². The predicted molar refractivity (Wildman–Crippen MR) is 122 cm³/mol. The van der Waals surface area contributed by atoms with Crippen LogP contribution in [0.4, 0.5) is 15.3 Å². The van der Waals surface area contributed by atoms with Gasteiger partial charge >= 0.3 is 18.1 Å². The Balaban J connectivity index is 1.26.